The molecule has 28 heavy (non-hydrogen) atoms. The fraction of sp³-hybridized carbons (Fsp3) is 0.100. The molecule has 0 fully saturated rings. The SMILES string of the molecule is CN(Cc1ccccc1)S(=O)(=O)c1ccc(NC(=O)c2cc(Cl)ccn2)cc1. The Morgan fingerprint density at radius 3 is 2.39 bits per heavy atom. The summed E-state index contributed by atoms with van der Waals surface area (Å²) < 4.78 is 26.8. The molecular weight excluding hydrogens is 398 g/mol. The quantitative estimate of drug-likeness (QED) is 0.664. The molecule has 0 spiro atoms. The summed E-state index contributed by atoms with van der Waals surface area (Å²) in [6.07, 6.45) is 1.44. The molecule has 0 aliphatic heterocycles. The van der Waals surface area contributed by atoms with Gasteiger partial charge in [0.15, 0.2) is 0 Å². The van der Waals surface area contributed by atoms with Crippen molar-refractivity contribution in [3.8, 4) is 0 Å². The number of anilines is 1. The fourth-order valence-corrected chi connectivity index (χ4v) is 3.86. The van der Waals surface area contributed by atoms with Crippen molar-refractivity contribution < 1.29 is 13.2 Å². The molecule has 1 aromatic heterocycles. The van der Waals surface area contributed by atoms with Crippen molar-refractivity contribution in [2.45, 2.75) is 11.4 Å². The van der Waals surface area contributed by atoms with Gasteiger partial charge in [-0.3, -0.25) is 9.78 Å². The van der Waals surface area contributed by atoms with E-state index in [0.29, 0.717) is 10.7 Å². The number of hydrogen-bond acceptors (Lipinski definition) is 4. The molecule has 0 atom stereocenters. The van der Waals surface area contributed by atoms with Gasteiger partial charge in [0.1, 0.15) is 5.69 Å². The minimum absolute atomic E-state index is 0.143. The number of sulfonamides is 1. The number of pyridine rings is 1. The van der Waals surface area contributed by atoms with Gasteiger partial charge in [-0.2, -0.15) is 4.31 Å². The van der Waals surface area contributed by atoms with Crippen LogP contribution in [0.2, 0.25) is 5.02 Å². The highest BCUT2D eigenvalue weighted by atomic mass is 35.5. The number of carbonyl (C=O) groups is 1. The van der Waals surface area contributed by atoms with E-state index in [-0.39, 0.29) is 17.1 Å². The first-order valence-corrected chi connectivity index (χ1v) is 10.2. The van der Waals surface area contributed by atoms with Gasteiger partial charge in [-0.05, 0) is 42.0 Å². The van der Waals surface area contributed by atoms with Crippen molar-refractivity contribution in [2.75, 3.05) is 12.4 Å². The third kappa shape index (κ3) is 4.75. The molecule has 0 saturated carbocycles. The number of carbonyl (C=O) groups excluding carboxylic acids is 1. The van der Waals surface area contributed by atoms with Crippen LogP contribution in [0.4, 0.5) is 5.69 Å². The highest BCUT2D eigenvalue weighted by Crippen LogP contribution is 2.20. The number of rotatable bonds is 6. The van der Waals surface area contributed by atoms with Crippen LogP contribution in [0.1, 0.15) is 16.1 Å². The lowest BCUT2D eigenvalue weighted by Crippen LogP contribution is -2.26. The monoisotopic (exact) mass is 415 g/mol. The summed E-state index contributed by atoms with van der Waals surface area (Å²) in [5, 5.41) is 3.07. The molecule has 3 rings (SSSR count). The van der Waals surface area contributed by atoms with Crippen molar-refractivity contribution >= 4 is 33.2 Å². The maximum Gasteiger partial charge on any atom is 0.274 e. The van der Waals surface area contributed by atoms with Crippen LogP contribution < -0.4 is 5.32 Å². The van der Waals surface area contributed by atoms with Crippen LogP contribution in [-0.2, 0) is 16.6 Å². The van der Waals surface area contributed by atoms with Gasteiger partial charge in [0.05, 0.1) is 4.90 Å². The Bertz CT molecular complexity index is 1070. The normalized spacial score (nSPS) is 11.4. The molecule has 0 saturated heterocycles. The standard InChI is InChI=1S/C20H18ClN3O3S/c1-24(14-15-5-3-2-4-6-15)28(26,27)18-9-7-17(8-10-18)23-20(25)19-13-16(21)11-12-22-19/h2-13H,14H2,1H3,(H,23,25). The van der Waals surface area contributed by atoms with E-state index >= 15 is 0 Å². The lowest BCUT2D eigenvalue weighted by atomic mass is 10.2. The predicted octanol–water partition coefficient (Wildman–Crippen LogP) is 3.81. The molecule has 6 nitrogen and oxygen atoms in total. The largest absolute Gasteiger partial charge is 0.321 e. The third-order valence-corrected chi connectivity index (χ3v) is 6.08. The second kappa shape index (κ2) is 8.52. The molecule has 1 amide bonds. The Kier molecular flexibility index (Phi) is 6.08. The number of hydrogen-bond donors (Lipinski definition) is 1. The van der Waals surface area contributed by atoms with E-state index in [4.69, 9.17) is 11.6 Å². The summed E-state index contributed by atoms with van der Waals surface area (Å²) in [6, 6.07) is 18.3. The van der Waals surface area contributed by atoms with Crippen LogP contribution in [0, 0.1) is 0 Å². The first kappa shape index (κ1) is 20.0. The van der Waals surface area contributed by atoms with Crippen LogP contribution in [0.25, 0.3) is 0 Å². The van der Waals surface area contributed by atoms with E-state index < -0.39 is 15.9 Å². The van der Waals surface area contributed by atoms with Gasteiger partial charge >= 0.3 is 0 Å². The van der Waals surface area contributed by atoms with E-state index in [0.717, 1.165) is 5.56 Å². The van der Waals surface area contributed by atoms with Gasteiger partial charge in [0, 0.05) is 30.5 Å². The van der Waals surface area contributed by atoms with Crippen molar-refractivity contribution in [3.63, 3.8) is 0 Å². The summed E-state index contributed by atoms with van der Waals surface area (Å²) in [5.41, 5.74) is 1.52. The molecule has 0 aliphatic carbocycles. The van der Waals surface area contributed by atoms with Gasteiger partial charge < -0.3 is 5.32 Å². The lowest BCUT2D eigenvalue weighted by Gasteiger charge is -2.17. The van der Waals surface area contributed by atoms with Crippen molar-refractivity contribution in [1.82, 2.24) is 9.29 Å². The Hall–Kier alpha value is -2.74. The summed E-state index contributed by atoms with van der Waals surface area (Å²) >= 11 is 5.86. The number of aromatic nitrogens is 1. The first-order chi connectivity index (χ1) is 13.4. The smallest absolute Gasteiger partial charge is 0.274 e. The number of nitrogens with zero attached hydrogens (tertiary/aromatic N) is 2. The Morgan fingerprint density at radius 1 is 1.07 bits per heavy atom. The van der Waals surface area contributed by atoms with Crippen LogP contribution in [0.15, 0.2) is 77.8 Å². The zero-order valence-electron chi connectivity index (χ0n) is 15.0. The fourth-order valence-electron chi connectivity index (χ4n) is 2.54. The number of benzene rings is 2. The minimum atomic E-state index is -3.65. The molecule has 0 bridgehead atoms. The zero-order valence-corrected chi connectivity index (χ0v) is 16.6. The van der Waals surface area contributed by atoms with E-state index in [1.807, 2.05) is 30.3 Å². The minimum Gasteiger partial charge on any atom is -0.321 e. The maximum atomic E-state index is 12.7. The Balaban J connectivity index is 1.71. The van der Waals surface area contributed by atoms with Crippen LogP contribution in [-0.4, -0.2) is 30.7 Å². The number of amides is 1. The molecular formula is C20H18ClN3O3S. The number of halogens is 1. The van der Waals surface area contributed by atoms with Crippen molar-refractivity contribution in [3.05, 3.63) is 89.2 Å². The molecule has 144 valence electrons. The van der Waals surface area contributed by atoms with Crippen LogP contribution >= 0.6 is 11.6 Å². The topological polar surface area (TPSA) is 79.4 Å². The van der Waals surface area contributed by atoms with Crippen LogP contribution in [0.5, 0.6) is 0 Å². The molecule has 0 unspecified atom stereocenters. The molecule has 2 aromatic carbocycles. The number of nitrogens with one attached hydrogen (secondary N) is 1. The van der Waals surface area contributed by atoms with E-state index in [2.05, 4.69) is 10.3 Å². The predicted molar refractivity (Wildman–Crippen MR) is 109 cm³/mol. The molecule has 0 radical (unpaired) electrons. The highest BCUT2D eigenvalue weighted by molar-refractivity contribution is 7.89. The van der Waals surface area contributed by atoms with Gasteiger partial charge in [-0.15, -0.1) is 0 Å². The first-order valence-electron chi connectivity index (χ1n) is 8.39. The summed E-state index contributed by atoms with van der Waals surface area (Å²) in [4.78, 5) is 16.3. The van der Waals surface area contributed by atoms with E-state index in [1.54, 1.807) is 6.07 Å². The summed E-state index contributed by atoms with van der Waals surface area (Å²) in [6.45, 7) is 0.266. The highest BCUT2D eigenvalue weighted by Gasteiger charge is 2.21. The van der Waals surface area contributed by atoms with Gasteiger partial charge in [0.25, 0.3) is 5.91 Å². The second-order valence-corrected chi connectivity index (χ2v) is 8.57. The van der Waals surface area contributed by atoms with Crippen molar-refractivity contribution in [2.24, 2.45) is 0 Å². The molecule has 1 heterocycles. The maximum absolute atomic E-state index is 12.7. The average molecular weight is 416 g/mol. The van der Waals surface area contributed by atoms with E-state index in [9.17, 15) is 13.2 Å². The van der Waals surface area contributed by atoms with E-state index in [1.165, 1.54) is 47.9 Å². The Labute approximate surface area is 168 Å². The lowest BCUT2D eigenvalue weighted by molar-refractivity contribution is 0.102. The Morgan fingerprint density at radius 2 is 1.75 bits per heavy atom. The van der Waals surface area contributed by atoms with Gasteiger partial charge in [0.2, 0.25) is 10.0 Å². The van der Waals surface area contributed by atoms with Gasteiger partial charge in [-0.1, -0.05) is 41.9 Å². The third-order valence-electron chi connectivity index (χ3n) is 4.02. The molecule has 8 heteroatoms. The average Bonchev–Trinajstić information content (AvgIpc) is 2.69. The summed E-state index contributed by atoms with van der Waals surface area (Å²) in [5.74, 6) is -0.431. The van der Waals surface area contributed by atoms with Gasteiger partial charge in [-0.25, -0.2) is 8.42 Å². The molecule has 3 aromatic rings. The molecule has 1 N–H and O–H groups in total. The zero-order chi connectivity index (χ0) is 20.1. The van der Waals surface area contributed by atoms with Crippen LogP contribution in [0.3, 0.4) is 0 Å². The summed E-state index contributed by atoms with van der Waals surface area (Å²) in [7, 11) is -2.12. The second-order valence-electron chi connectivity index (χ2n) is 6.08. The molecule has 0 aliphatic rings. The van der Waals surface area contributed by atoms with Crippen molar-refractivity contribution in [1.29, 1.82) is 0 Å².